The molecule has 0 bridgehead atoms. The summed E-state index contributed by atoms with van der Waals surface area (Å²) in [6.07, 6.45) is 4.23. The highest BCUT2D eigenvalue weighted by molar-refractivity contribution is 7.88. The number of hydrogen-bond donors (Lipinski definition) is 2. The molecule has 0 aromatic heterocycles. The summed E-state index contributed by atoms with van der Waals surface area (Å²) in [5, 5.41) is 15.8. The molecule has 0 radical (unpaired) electrons. The van der Waals surface area contributed by atoms with Crippen molar-refractivity contribution >= 4 is 16.5 Å². The fourth-order valence-electron chi connectivity index (χ4n) is 3.87. The molecule has 1 saturated carbocycles. The lowest BCUT2D eigenvalue weighted by atomic mass is 9.65. The number of carboxylic acid groups (broad SMARTS) is 1. The van der Waals surface area contributed by atoms with Gasteiger partial charge in [0.1, 0.15) is 0 Å². The second-order valence-electron chi connectivity index (χ2n) is 6.87. The molecule has 2 aliphatic rings. The van der Waals surface area contributed by atoms with Crippen LogP contribution >= 0.6 is 0 Å². The van der Waals surface area contributed by atoms with Crippen LogP contribution in [0.15, 0.2) is 24.3 Å². The van der Waals surface area contributed by atoms with Crippen LogP contribution in [0.5, 0.6) is 0 Å². The number of benzene rings is 1. The van der Waals surface area contributed by atoms with Gasteiger partial charge in [0, 0.05) is 19.1 Å². The van der Waals surface area contributed by atoms with E-state index in [9.17, 15) is 8.42 Å². The zero-order valence-electron chi connectivity index (χ0n) is 14.2. The summed E-state index contributed by atoms with van der Waals surface area (Å²) >= 11 is 0. The number of hydrogen-bond acceptors (Lipinski definition) is 5. The lowest BCUT2D eigenvalue weighted by Gasteiger charge is -2.45. The number of nitrogens with one attached hydrogen (secondary N) is 1. The van der Waals surface area contributed by atoms with Crippen molar-refractivity contribution in [3.63, 3.8) is 0 Å². The Morgan fingerprint density at radius 2 is 2.16 bits per heavy atom. The average Bonchev–Trinajstić information content (AvgIpc) is 2.90. The van der Waals surface area contributed by atoms with E-state index in [4.69, 9.17) is 15.2 Å². The second-order valence-corrected chi connectivity index (χ2v) is 8.65. The molecule has 3 rings (SSSR count). The van der Waals surface area contributed by atoms with Crippen molar-refractivity contribution in [2.75, 3.05) is 19.3 Å². The van der Waals surface area contributed by atoms with E-state index in [1.165, 1.54) is 11.8 Å². The molecule has 1 heterocycles. The summed E-state index contributed by atoms with van der Waals surface area (Å²) in [6, 6.07) is 10.0. The fraction of sp³-hybridized carbons (Fsp3) is 0.529. The SMILES string of the molecule is CS(=O)(=O)NC1CC2(CCN(Cc3cccc(C#N)c3)C2)C1.O=CO. The van der Waals surface area contributed by atoms with Crippen LogP contribution in [-0.2, 0) is 21.4 Å². The van der Waals surface area contributed by atoms with Gasteiger partial charge in [0.15, 0.2) is 0 Å². The van der Waals surface area contributed by atoms with Crippen molar-refractivity contribution in [3.8, 4) is 6.07 Å². The molecule has 0 atom stereocenters. The van der Waals surface area contributed by atoms with Crippen LogP contribution < -0.4 is 4.72 Å². The standard InChI is InChI=1S/C16H21N3O2S.CH2O2/c1-22(20,21)18-15-8-16(9-15)5-6-19(12-16)11-14-4-2-3-13(7-14)10-17;2-1-3/h2-4,7,15,18H,5-6,8-9,11-12H2,1H3;1H,(H,2,3). The maximum atomic E-state index is 11.3. The quantitative estimate of drug-likeness (QED) is 0.775. The average molecular weight is 365 g/mol. The third-order valence-electron chi connectivity index (χ3n) is 4.72. The summed E-state index contributed by atoms with van der Waals surface area (Å²) < 4.78 is 25.2. The Kier molecular flexibility index (Phi) is 6.16. The van der Waals surface area contributed by atoms with E-state index in [0.717, 1.165) is 38.9 Å². The monoisotopic (exact) mass is 365 g/mol. The molecule has 1 saturated heterocycles. The van der Waals surface area contributed by atoms with Crippen LogP contribution in [0.4, 0.5) is 0 Å². The van der Waals surface area contributed by atoms with Gasteiger partial charge in [-0.15, -0.1) is 0 Å². The molecule has 2 fully saturated rings. The molecule has 0 amide bonds. The van der Waals surface area contributed by atoms with Gasteiger partial charge in [-0.3, -0.25) is 9.69 Å². The maximum absolute atomic E-state index is 11.3. The smallest absolute Gasteiger partial charge is 0.290 e. The molecule has 0 unspecified atom stereocenters. The van der Waals surface area contributed by atoms with Crippen LogP contribution in [0.1, 0.15) is 30.4 Å². The molecule has 1 aliphatic carbocycles. The molecule has 136 valence electrons. The van der Waals surface area contributed by atoms with Crippen LogP contribution in [0.3, 0.4) is 0 Å². The summed E-state index contributed by atoms with van der Waals surface area (Å²) in [4.78, 5) is 10.8. The first kappa shape index (κ1) is 19.4. The van der Waals surface area contributed by atoms with Crippen molar-refractivity contribution in [2.45, 2.75) is 31.8 Å². The molecule has 7 nitrogen and oxygen atoms in total. The Labute approximate surface area is 148 Å². The normalized spacial score (nSPS) is 25.5. The zero-order chi connectivity index (χ0) is 18.5. The minimum atomic E-state index is -3.09. The first-order chi connectivity index (χ1) is 11.8. The van der Waals surface area contributed by atoms with E-state index in [1.807, 2.05) is 18.2 Å². The zero-order valence-corrected chi connectivity index (χ0v) is 15.0. The first-order valence-corrected chi connectivity index (χ1v) is 9.95. The fourth-order valence-corrected chi connectivity index (χ4v) is 4.64. The Morgan fingerprint density at radius 3 is 2.76 bits per heavy atom. The van der Waals surface area contributed by atoms with E-state index >= 15 is 0 Å². The number of likely N-dealkylation sites (tertiary alicyclic amines) is 1. The van der Waals surface area contributed by atoms with Gasteiger partial charge in [0.05, 0.1) is 17.9 Å². The third kappa shape index (κ3) is 5.53. The number of sulfonamides is 1. The molecule has 1 aromatic rings. The summed E-state index contributed by atoms with van der Waals surface area (Å²) in [5.74, 6) is 0. The number of carbonyl (C=O) groups is 1. The van der Waals surface area contributed by atoms with E-state index in [2.05, 4.69) is 21.8 Å². The minimum Gasteiger partial charge on any atom is -0.483 e. The van der Waals surface area contributed by atoms with Crippen LogP contribution in [0.2, 0.25) is 0 Å². The molecular weight excluding hydrogens is 342 g/mol. The highest BCUT2D eigenvalue weighted by Gasteiger charge is 2.48. The Balaban J connectivity index is 0.000000701. The molecule has 1 aliphatic heterocycles. The highest BCUT2D eigenvalue weighted by Crippen LogP contribution is 2.48. The van der Waals surface area contributed by atoms with Gasteiger partial charge in [0.25, 0.3) is 6.47 Å². The Hall–Kier alpha value is -1.95. The largest absolute Gasteiger partial charge is 0.483 e. The van der Waals surface area contributed by atoms with Gasteiger partial charge in [-0.25, -0.2) is 13.1 Å². The summed E-state index contributed by atoms with van der Waals surface area (Å²) in [5.41, 5.74) is 2.16. The Bertz CT molecular complexity index is 751. The topological polar surface area (TPSA) is 111 Å². The lowest BCUT2D eigenvalue weighted by Crippen LogP contribution is -2.51. The van der Waals surface area contributed by atoms with Gasteiger partial charge in [-0.1, -0.05) is 12.1 Å². The van der Waals surface area contributed by atoms with Crippen molar-refractivity contribution in [1.82, 2.24) is 9.62 Å². The molecule has 25 heavy (non-hydrogen) atoms. The molecular formula is C17H23N3O4S. The van der Waals surface area contributed by atoms with Crippen LogP contribution in [0, 0.1) is 16.7 Å². The molecule has 1 aromatic carbocycles. The summed E-state index contributed by atoms with van der Waals surface area (Å²) in [6.45, 7) is 2.68. The van der Waals surface area contributed by atoms with E-state index in [1.54, 1.807) is 0 Å². The van der Waals surface area contributed by atoms with Crippen LogP contribution in [-0.4, -0.2) is 50.3 Å². The predicted octanol–water partition coefficient (Wildman–Crippen LogP) is 1.16. The predicted molar refractivity (Wildman–Crippen MR) is 93.2 cm³/mol. The number of nitrogens with zero attached hydrogens (tertiary/aromatic N) is 2. The maximum Gasteiger partial charge on any atom is 0.290 e. The molecule has 1 spiro atoms. The van der Waals surface area contributed by atoms with Crippen molar-refractivity contribution in [1.29, 1.82) is 5.26 Å². The van der Waals surface area contributed by atoms with Gasteiger partial charge >= 0.3 is 0 Å². The summed E-state index contributed by atoms with van der Waals surface area (Å²) in [7, 11) is -3.09. The first-order valence-electron chi connectivity index (χ1n) is 8.06. The van der Waals surface area contributed by atoms with Crippen molar-refractivity contribution in [2.24, 2.45) is 5.41 Å². The Morgan fingerprint density at radius 1 is 1.48 bits per heavy atom. The third-order valence-corrected chi connectivity index (χ3v) is 5.48. The van der Waals surface area contributed by atoms with Crippen molar-refractivity contribution < 1.29 is 18.3 Å². The number of rotatable bonds is 4. The molecule has 2 N–H and O–H groups in total. The molecule has 8 heteroatoms. The van der Waals surface area contributed by atoms with E-state index in [0.29, 0.717) is 5.56 Å². The van der Waals surface area contributed by atoms with Crippen LogP contribution in [0.25, 0.3) is 0 Å². The lowest BCUT2D eigenvalue weighted by molar-refractivity contribution is -0.122. The number of nitriles is 1. The van der Waals surface area contributed by atoms with Gasteiger partial charge < -0.3 is 5.11 Å². The van der Waals surface area contributed by atoms with Gasteiger partial charge in [-0.05, 0) is 48.9 Å². The second kappa shape index (κ2) is 7.95. The van der Waals surface area contributed by atoms with Gasteiger partial charge in [-0.2, -0.15) is 5.26 Å². The van der Waals surface area contributed by atoms with E-state index < -0.39 is 10.0 Å². The minimum absolute atomic E-state index is 0.108. The van der Waals surface area contributed by atoms with Gasteiger partial charge in [0.2, 0.25) is 10.0 Å². The van der Waals surface area contributed by atoms with Crippen molar-refractivity contribution in [3.05, 3.63) is 35.4 Å². The van der Waals surface area contributed by atoms with E-state index in [-0.39, 0.29) is 17.9 Å². The highest BCUT2D eigenvalue weighted by atomic mass is 32.2.